The molecule has 4 heteroatoms. The van der Waals surface area contributed by atoms with Crippen LogP contribution in [0.3, 0.4) is 0 Å². The smallest absolute Gasteiger partial charge is 0.0923 e. The van der Waals surface area contributed by atoms with Crippen LogP contribution in [0, 0.1) is 0 Å². The first-order valence-electron chi connectivity index (χ1n) is 7.48. The Labute approximate surface area is 130 Å². The fourth-order valence-electron chi connectivity index (χ4n) is 2.36. The van der Waals surface area contributed by atoms with Crippen molar-refractivity contribution in [2.45, 2.75) is 26.0 Å². The number of hydrogen-bond donors (Lipinski definition) is 1. The lowest BCUT2D eigenvalue weighted by molar-refractivity contribution is 0.145. The Kier molecular flexibility index (Phi) is 4.30. The maximum absolute atomic E-state index is 9.72. The van der Waals surface area contributed by atoms with Gasteiger partial charge in [-0.25, -0.2) is 0 Å². The van der Waals surface area contributed by atoms with E-state index in [9.17, 15) is 5.11 Å². The van der Waals surface area contributed by atoms with Crippen molar-refractivity contribution in [3.63, 3.8) is 0 Å². The Morgan fingerprint density at radius 2 is 1.82 bits per heavy atom. The van der Waals surface area contributed by atoms with E-state index >= 15 is 0 Å². The molecule has 0 aliphatic heterocycles. The summed E-state index contributed by atoms with van der Waals surface area (Å²) >= 11 is 0. The van der Waals surface area contributed by atoms with Gasteiger partial charge in [-0.1, -0.05) is 25.1 Å². The molecule has 0 amide bonds. The van der Waals surface area contributed by atoms with Crippen molar-refractivity contribution in [3.05, 3.63) is 61.1 Å². The third kappa shape index (κ3) is 3.23. The molecule has 0 aliphatic rings. The summed E-state index contributed by atoms with van der Waals surface area (Å²) in [5, 5.41) is 14.3. The van der Waals surface area contributed by atoms with Crippen LogP contribution in [0.25, 0.3) is 22.4 Å². The molecular weight excluding hydrogens is 274 g/mol. The summed E-state index contributed by atoms with van der Waals surface area (Å²) in [4.78, 5) is 4.05. The van der Waals surface area contributed by atoms with E-state index in [2.05, 4.69) is 22.2 Å². The molecule has 4 nitrogen and oxygen atoms in total. The molecule has 2 heterocycles. The highest BCUT2D eigenvalue weighted by molar-refractivity contribution is 5.70. The number of aliphatic hydroxyl groups excluding tert-OH is 1. The second kappa shape index (κ2) is 6.54. The normalized spacial score (nSPS) is 12.3. The lowest BCUT2D eigenvalue weighted by atomic mass is 10.0. The van der Waals surface area contributed by atoms with Gasteiger partial charge in [-0.05, 0) is 41.8 Å². The Balaban J connectivity index is 1.87. The predicted octanol–water partition coefficient (Wildman–Crippen LogP) is 3.38. The highest BCUT2D eigenvalue weighted by Gasteiger charge is 2.07. The van der Waals surface area contributed by atoms with Crippen LogP contribution in [0.15, 0.2) is 61.1 Å². The molecular formula is C18H19N3O. The molecule has 0 spiro atoms. The quantitative estimate of drug-likeness (QED) is 0.784. The monoisotopic (exact) mass is 293 g/mol. The molecule has 0 saturated carbocycles. The van der Waals surface area contributed by atoms with Gasteiger partial charge in [0.15, 0.2) is 0 Å². The van der Waals surface area contributed by atoms with Crippen molar-refractivity contribution >= 4 is 0 Å². The molecule has 0 fully saturated rings. The van der Waals surface area contributed by atoms with Gasteiger partial charge < -0.3 is 5.11 Å². The van der Waals surface area contributed by atoms with Crippen LogP contribution in [0.5, 0.6) is 0 Å². The van der Waals surface area contributed by atoms with Gasteiger partial charge >= 0.3 is 0 Å². The van der Waals surface area contributed by atoms with E-state index in [0.717, 1.165) is 28.8 Å². The van der Waals surface area contributed by atoms with Crippen LogP contribution in [0.2, 0.25) is 0 Å². The lowest BCUT2D eigenvalue weighted by Crippen LogP contribution is -2.14. The fraction of sp³-hybridized carbons (Fsp3) is 0.222. The Morgan fingerprint density at radius 1 is 1.05 bits per heavy atom. The van der Waals surface area contributed by atoms with Crippen molar-refractivity contribution in [1.82, 2.24) is 14.8 Å². The molecule has 0 bridgehead atoms. The van der Waals surface area contributed by atoms with Crippen LogP contribution < -0.4 is 0 Å². The first kappa shape index (κ1) is 14.5. The Hall–Kier alpha value is -2.46. The molecule has 0 saturated heterocycles. The van der Waals surface area contributed by atoms with Crippen molar-refractivity contribution in [1.29, 1.82) is 0 Å². The summed E-state index contributed by atoms with van der Waals surface area (Å²) in [5.74, 6) is 0. The minimum Gasteiger partial charge on any atom is -0.391 e. The molecule has 3 rings (SSSR count). The summed E-state index contributed by atoms with van der Waals surface area (Å²) < 4.78 is 1.79. The van der Waals surface area contributed by atoms with Gasteiger partial charge in [-0.15, -0.1) is 0 Å². The molecule has 112 valence electrons. The van der Waals surface area contributed by atoms with Crippen LogP contribution in [-0.4, -0.2) is 26.0 Å². The molecule has 1 N–H and O–H groups in total. The summed E-state index contributed by atoms with van der Waals surface area (Å²) in [6.45, 7) is 2.49. The van der Waals surface area contributed by atoms with E-state index in [1.165, 1.54) is 0 Å². The predicted molar refractivity (Wildman–Crippen MR) is 87.2 cm³/mol. The Bertz CT molecular complexity index is 737. The van der Waals surface area contributed by atoms with Crippen molar-refractivity contribution in [3.8, 4) is 22.4 Å². The second-order valence-corrected chi connectivity index (χ2v) is 5.30. The van der Waals surface area contributed by atoms with Crippen molar-refractivity contribution < 1.29 is 5.11 Å². The standard InChI is InChI=1S/C18H19N3O/c1-2-17(22)13-21-11-8-18(20-21)16-5-3-4-15(12-16)14-6-9-19-10-7-14/h3-12,17,22H,2,13H2,1H3/t17-/m1/s1. The number of nitrogens with zero attached hydrogens (tertiary/aromatic N) is 3. The third-order valence-electron chi connectivity index (χ3n) is 3.68. The third-order valence-corrected chi connectivity index (χ3v) is 3.68. The first-order valence-corrected chi connectivity index (χ1v) is 7.48. The van der Waals surface area contributed by atoms with Gasteiger partial charge in [-0.3, -0.25) is 9.67 Å². The van der Waals surface area contributed by atoms with E-state index in [4.69, 9.17) is 0 Å². The molecule has 0 aliphatic carbocycles. The van der Waals surface area contributed by atoms with Crippen LogP contribution in [-0.2, 0) is 6.54 Å². The molecule has 0 radical (unpaired) electrons. The summed E-state index contributed by atoms with van der Waals surface area (Å²) in [5.41, 5.74) is 4.26. The minimum atomic E-state index is -0.351. The molecule has 1 aromatic carbocycles. The number of benzene rings is 1. The van der Waals surface area contributed by atoms with E-state index in [0.29, 0.717) is 6.54 Å². The number of hydrogen-bond acceptors (Lipinski definition) is 3. The van der Waals surface area contributed by atoms with E-state index < -0.39 is 0 Å². The zero-order valence-electron chi connectivity index (χ0n) is 12.6. The average Bonchev–Trinajstić information content (AvgIpc) is 3.04. The maximum Gasteiger partial charge on any atom is 0.0923 e. The molecule has 2 aromatic heterocycles. The number of aromatic nitrogens is 3. The fourth-order valence-corrected chi connectivity index (χ4v) is 2.36. The van der Waals surface area contributed by atoms with Gasteiger partial charge in [0, 0.05) is 24.2 Å². The van der Waals surface area contributed by atoms with Gasteiger partial charge in [0.2, 0.25) is 0 Å². The number of aliphatic hydroxyl groups is 1. The maximum atomic E-state index is 9.72. The van der Waals surface area contributed by atoms with Crippen LogP contribution in [0.1, 0.15) is 13.3 Å². The van der Waals surface area contributed by atoms with Gasteiger partial charge in [-0.2, -0.15) is 5.10 Å². The largest absolute Gasteiger partial charge is 0.391 e. The number of pyridine rings is 1. The molecule has 22 heavy (non-hydrogen) atoms. The Morgan fingerprint density at radius 3 is 2.59 bits per heavy atom. The highest BCUT2D eigenvalue weighted by Crippen LogP contribution is 2.24. The molecule has 0 unspecified atom stereocenters. The topological polar surface area (TPSA) is 50.9 Å². The molecule has 1 atom stereocenters. The SMILES string of the molecule is CC[C@@H](O)Cn1ccc(-c2cccc(-c3ccncc3)c2)n1. The van der Waals surface area contributed by atoms with E-state index in [-0.39, 0.29) is 6.10 Å². The molecule has 3 aromatic rings. The lowest BCUT2D eigenvalue weighted by Gasteiger charge is -2.07. The minimum absolute atomic E-state index is 0.351. The van der Waals surface area contributed by atoms with E-state index in [1.807, 2.05) is 43.5 Å². The van der Waals surface area contributed by atoms with Gasteiger partial charge in [0.05, 0.1) is 18.3 Å². The zero-order chi connectivity index (χ0) is 15.4. The summed E-state index contributed by atoms with van der Waals surface area (Å²) in [7, 11) is 0. The zero-order valence-corrected chi connectivity index (χ0v) is 12.6. The van der Waals surface area contributed by atoms with Crippen LogP contribution >= 0.6 is 0 Å². The van der Waals surface area contributed by atoms with Gasteiger partial charge in [0.25, 0.3) is 0 Å². The van der Waals surface area contributed by atoms with Gasteiger partial charge in [0.1, 0.15) is 0 Å². The highest BCUT2D eigenvalue weighted by atomic mass is 16.3. The van der Waals surface area contributed by atoms with Crippen LogP contribution in [0.4, 0.5) is 0 Å². The average molecular weight is 293 g/mol. The summed E-state index contributed by atoms with van der Waals surface area (Å²) in [6.07, 6.45) is 5.88. The van der Waals surface area contributed by atoms with Crippen molar-refractivity contribution in [2.24, 2.45) is 0 Å². The first-order chi connectivity index (χ1) is 10.8. The second-order valence-electron chi connectivity index (χ2n) is 5.30. The number of rotatable bonds is 5. The summed E-state index contributed by atoms with van der Waals surface area (Å²) in [6, 6.07) is 14.3. The van der Waals surface area contributed by atoms with Crippen molar-refractivity contribution in [2.75, 3.05) is 0 Å². The van der Waals surface area contributed by atoms with E-state index in [1.54, 1.807) is 17.1 Å².